The van der Waals surface area contributed by atoms with Crippen LogP contribution in [-0.4, -0.2) is 12.6 Å². The van der Waals surface area contributed by atoms with Crippen molar-refractivity contribution in [1.29, 1.82) is 0 Å². The molecular weight excluding hydrogens is 129 g/mol. The third kappa shape index (κ3) is 13.5. The number of hydrogen-bond acceptors (Lipinski definition) is 0. The molecule has 0 saturated heterocycles. The smallest absolute Gasteiger partial charge is 0.660 e. The first-order valence-corrected chi connectivity index (χ1v) is 4.44. The minimum atomic E-state index is 0. The zero-order chi connectivity index (χ0) is 7.82. The van der Waals surface area contributed by atoms with Crippen molar-refractivity contribution in [3.8, 4) is 0 Å². The molecule has 0 bridgehead atoms. The Morgan fingerprint density at radius 2 is 1.73 bits per heavy atom. The molecule has 1 nitrogen and oxygen atoms in total. The predicted octanol–water partition coefficient (Wildman–Crippen LogP) is 0.353. The average Bonchev–Trinajstić information content (AvgIpc) is 1.87. The molecule has 0 aliphatic carbocycles. The number of hydrogen-bond donors (Lipinski definition) is 0. The fourth-order valence-corrected chi connectivity index (χ4v) is 0.888. The molecule has 0 amide bonds. The topological polar surface area (TPSA) is 14.1 Å². The Morgan fingerprint density at radius 3 is 2.18 bits per heavy atom. The second-order valence-electron chi connectivity index (χ2n) is 3.06. The first-order valence-electron chi connectivity index (χ1n) is 4.44. The summed E-state index contributed by atoms with van der Waals surface area (Å²) in [5.74, 6) is 0. The van der Waals surface area contributed by atoms with Crippen molar-refractivity contribution in [3.63, 3.8) is 0 Å². The minimum absolute atomic E-state index is 0. The normalized spacial score (nSPS) is 9.82. The maximum atomic E-state index is 4.40. The van der Waals surface area contributed by atoms with E-state index in [1.165, 1.54) is 25.7 Å². The summed E-state index contributed by atoms with van der Waals surface area (Å²) in [6.07, 6.45) is 5.33. The summed E-state index contributed by atoms with van der Waals surface area (Å²) in [5.41, 5.74) is 0. The molecule has 62 valence electrons. The van der Waals surface area contributed by atoms with Gasteiger partial charge < -0.3 is 5.32 Å². The van der Waals surface area contributed by atoms with Crippen LogP contribution < -0.4 is 18.9 Å². The van der Waals surface area contributed by atoms with Crippen LogP contribution in [0.3, 0.4) is 0 Å². The minimum Gasteiger partial charge on any atom is -0.660 e. The van der Waals surface area contributed by atoms with E-state index in [2.05, 4.69) is 26.1 Å². The summed E-state index contributed by atoms with van der Waals surface area (Å²) >= 11 is 0. The summed E-state index contributed by atoms with van der Waals surface area (Å²) in [6, 6.07) is 0.529. The van der Waals surface area contributed by atoms with Gasteiger partial charge >= 0.3 is 18.9 Å². The maximum absolute atomic E-state index is 4.40. The largest absolute Gasteiger partial charge is 1.00 e. The van der Waals surface area contributed by atoms with Crippen LogP contribution in [0.25, 0.3) is 5.32 Å². The molecule has 0 radical (unpaired) electrons. The average molecular weight is 149 g/mol. The molecule has 0 heterocycles. The van der Waals surface area contributed by atoms with Gasteiger partial charge in [0.15, 0.2) is 0 Å². The van der Waals surface area contributed by atoms with E-state index in [1.807, 2.05) is 0 Å². The van der Waals surface area contributed by atoms with Gasteiger partial charge in [-0.15, -0.1) is 12.6 Å². The first kappa shape index (κ1) is 14.1. The van der Waals surface area contributed by atoms with Crippen LogP contribution >= 0.6 is 0 Å². The number of nitrogens with zero attached hydrogens (tertiary/aromatic N) is 1. The Labute approximate surface area is 83.5 Å². The van der Waals surface area contributed by atoms with E-state index in [1.54, 1.807) is 0 Å². The third-order valence-corrected chi connectivity index (χ3v) is 1.51. The van der Waals surface area contributed by atoms with Crippen LogP contribution in [0.2, 0.25) is 0 Å². The molecular formula is C9H20LiN. The zero-order valence-corrected chi connectivity index (χ0v) is 8.56. The molecule has 0 atom stereocenters. The monoisotopic (exact) mass is 149 g/mol. The van der Waals surface area contributed by atoms with Gasteiger partial charge in [0.2, 0.25) is 0 Å². The second kappa shape index (κ2) is 10.6. The van der Waals surface area contributed by atoms with E-state index in [4.69, 9.17) is 0 Å². The molecule has 0 rings (SSSR count). The summed E-state index contributed by atoms with van der Waals surface area (Å²) in [6.45, 7) is 7.58. The van der Waals surface area contributed by atoms with Gasteiger partial charge in [-0.25, -0.2) is 0 Å². The Kier molecular flexibility index (Phi) is 13.5. The summed E-state index contributed by atoms with van der Waals surface area (Å²) in [4.78, 5) is 0. The molecule has 0 N–H and O–H groups in total. The molecule has 0 fully saturated rings. The molecule has 0 aliphatic heterocycles. The quantitative estimate of drug-likeness (QED) is 0.382. The van der Waals surface area contributed by atoms with Crippen molar-refractivity contribution < 1.29 is 18.9 Å². The van der Waals surface area contributed by atoms with Gasteiger partial charge in [0.1, 0.15) is 0 Å². The first-order chi connectivity index (χ1) is 4.77. The van der Waals surface area contributed by atoms with Gasteiger partial charge in [0, 0.05) is 0 Å². The Balaban J connectivity index is 0. The standard InChI is InChI=1S/C9H20N.Li/c1-4-5-6-7-8-10-9(2)3;/h9H,4-8H2,1-3H3;/q-1;+1. The number of unbranched alkanes of at least 4 members (excludes halogenated alkanes) is 3. The SMILES string of the molecule is CCCCCC[N-]C(C)C.[Li+]. The predicted molar refractivity (Wildman–Crippen MR) is 47.5 cm³/mol. The van der Waals surface area contributed by atoms with Crippen molar-refractivity contribution in [2.45, 2.75) is 52.5 Å². The zero-order valence-electron chi connectivity index (χ0n) is 8.56. The van der Waals surface area contributed by atoms with Gasteiger partial charge in [-0.05, 0) is 0 Å². The van der Waals surface area contributed by atoms with Crippen LogP contribution in [-0.2, 0) is 0 Å². The fraction of sp³-hybridized carbons (Fsp3) is 1.00. The summed E-state index contributed by atoms with van der Waals surface area (Å²) in [7, 11) is 0. The molecule has 0 aromatic rings. The van der Waals surface area contributed by atoms with Gasteiger partial charge in [-0.2, -0.15) is 0 Å². The fourth-order valence-electron chi connectivity index (χ4n) is 0.888. The molecule has 0 aliphatic rings. The molecule has 0 spiro atoms. The van der Waals surface area contributed by atoms with Crippen molar-refractivity contribution >= 4 is 0 Å². The molecule has 0 unspecified atom stereocenters. The van der Waals surface area contributed by atoms with E-state index >= 15 is 0 Å². The van der Waals surface area contributed by atoms with E-state index in [9.17, 15) is 0 Å². The second-order valence-corrected chi connectivity index (χ2v) is 3.06. The Hall–Kier alpha value is 0.557. The molecule has 2 heteroatoms. The van der Waals surface area contributed by atoms with Crippen molar-refractivity contribution in [2.75, 3.05) is 6.54 Å². The van der Waals surface area contributed by atoms with E-state index < -0.39 is 0 Å². The molecule has 0 aromatic heterocycles. The van der Waals surface area contributed by atoms with Crippen LogP contribution in [0.5, 0.6) is 0 Å². The van der Waals surface area contributed by atoms with Gasteiger partial charge in [-0.1, -0.05) is 46.5 Å². The van der Waals surface area contributed by atoms with Gasteiger partial charge in [0.05, 0.1) is 0 Å². The van der Waals surface area contributed by atoms with Crippen molar-refractivity contribution in [3.05, 3.63) is 5.32 Å². The van der Waals surface area contributed by atoms with Gasteiger partial charge in [0.25, 0.3) is 0 Å². The van der Waals surface area contributed by atoms with Crippen LogP contribution in [0.4, 0.5) is 0 Å². The van der Waals surface area contributed by atoms with E-state index in [-0.39, 0.29) is 18.9 Å². The summed E-state index contributed by atoms with van der Waals surface area (Å²) < 4.78 is 0. The van der Waals surface area contributed by atoms with Crippen LogP contribution in [0.1, 0.15) is 46.5 Å². The molecule has 0 saturated carbocycles. The van der Waals surface area contributed by atoms with E-state index in [0.29, 0.717) is 6.04 Å². The maximum Gasteiger partial charge on any atom is 1.00 e. The van der Waals surface area contributed by atoms with Gasteiger partial charge in [-0.3, -0.25) is 0 Å². The molecule has 11 heavy (non-hydrogen) atoms. The number of rotatable bonds is 6. The van der Waals surface area contributed by atoms with Crippen molar-refractivity contribution in [1.82, 2.24) is 0 Å². The Morgan fingerprint density at radius 1 is 1.09 bits per heavy atom. The van der Waals surface area contributed by atoms with Crippen LogP contribution in [0, 0.1) is 0 Å². The Bertz CT molecular complexity index is 64.6. The summed E-state index contributed by atoms with van der Waals surface area (Å²) in [5, 5.41) is 4.40. The molecule has 0 aromatic carbocycles. The van der Waals surface area contributed by atoms with Crippen LogP contribution in [0.15, 0.2) is 0 Å². The van der Waals surface area contributed by atoms with Crippen molar-refractivity contribution in [2.24, 2.45) is 0 Å². The van der Waals surface area contributed by atoms with E-state index in [0.717, 1.165) is 6.54 Å². The third-order valence-electron chi connectivity index (χ3n) is 1.51.